The Hall–Kier alpha value is -0.840. The van der Waals surface area contributed by atoms with Gasteiger partial charge in [0.2, 0.25) is 0 Å². The van der Waals surface area contributed by atoms with Crippen LogP contribution in [-0.4, -0.2) is 0 Å². The standard InChI is InChI=1S/C5H6FN/c1-4(3-7)5(2)6/h1-2H3. The van der Waals surface area contributed by atoms with Gasteiger partial charge < -0.3 is 0 Å². The summed E-state index contributed by atoms with van der Waals surface area (Å²) in [5, 5.41) is 7.96. The first-order valence-corrected chi connectivity index (χ1v) is 1.91. The minimum absolute atomic E-state index is 0.153. The summed E-state index contributed by atoms with van der Waals surface area (Å²) in [5.41, 5.74) is 0.153. The van der Waals surface area contributed by atoms with Crippen LogP contribution in [0.5, 0.6) is 0 Å². The van der Waals surface area contributed by atoms with Gasteiger partial charge in [-0.25, -0.2) is 4.39 Å². The average molecular weight is 99.1 g/mol. The van der Waals surface area contributed by atoms with Crippen LogP contribution in [0.1, 0.15) is 13.8 Å². The quantitative estimate of drug-likeness (QED) is 0.424. The predicted molar refractivity (Wildman–Crippen MR) is 25.1 cm³/mol. The van der Waals surface area contributed by atoms with Crippen molar-refractivity contribution in [3.8, 4) is 6.07 Å². The molecule has 0 aromatic heterocycles. The van der Waals surface area contributed by atoms with Crippen molar-refractivity contribution in [2.75, 3.05) is 0 Å². The number of allylic oxidation sites excluding steroid dienone is 2. The van der Waals surface area contributed by atoms with Crippen molar-refractivity contribution < 1.29 is 4.39 Å². The molecule has 0 radical (unpaired) electrons. The molecule has 0 aromatic rings. The second-order valence-corrected chi connectivity index (χ2v) is 1.27. The molecule has 0 spiro atoms. The fraction of sp³-hybridized carbons (Fsp3) is 0.400. The van der Waals surface area contributed by atoms with Crippen LogP contribution in [0.3, 0.4) is 0 Å². The van der Waals surface area contributed by atoms with Crippen LogP contribution in [0.2, 0.25) is 0 Å². The molecular formula is C5H6FN. The minimum atomic E-state index is -0.400. The van der Waals surface area contributed by atoms with Crippen molar-refractivity contribution >= 4 is 0 Å². The molecule has 0 saturated carbocycles. The second kappa shape index (κ2) is 2.35. The van der Waals surface area contributed by atoms with Gasteiger partial charge in [-0.1, -0.05) is 0 Å². The van der Waals surface area contributed by atoms with Crippen molar-refractivity contribution in [3.05, 3.63) is 11.4 Å². The fourth-order valence-electron chi connectivity index (χ4n) is 0.0770. The number of hydrogen-bond acceptors (Lipinski definition) is 1. The molecule has 1 nitrogen and oxygen atoms in total. The maximum atomic E-state index is 11.8. The third kappa shape index (κ3) is 1.94. The molecule has 0 aromatic carbocycles. The van der Waals surface area contributed by atoms with Gasteiger partial charge in [-0.2, -0.15) is 5.26 Å². The Bertz CT molecular complexity index is 126. The van der Waals surface area contributed by atoms with E-state index in [4.69, 9.17) is 5.26 Å². The van der Waals surface area contributed by atoms with E-state index in [0.717, 1.165) is 0 Å². The van der Waals surface area contributed by atoms with Crippen LogP contribution in [0.4, 0.5) is 4.39 Å². The highest BCUT2D eigenvalue weighted by molar-refractivity contribution is 5.19. The van der Waals surface area contributed by atoms with Gasteiger partial charge in [-0.3, -0.25) is 0 Å². The number of rotatable bonds is 0. The first-order chi connectivity index (χ1) is 3.18. The Morgan fingerprint density at radius 2 is 2.00 bits per heavy atom. The second-order valence-electron chi connectivity index (χ2n) is 1.27. The lowest BCUT2D eigenvalue weighted by atomic mass is 10.3. The van der Waals surface area contributed by atoms with Crippen molar-refractivity contribution in [2.45, 2.75) is 13.8 Å². The molecule has 0 rings (SSSR count). The molecule has 0 N–H and O–H groups in total. The molecule has 0 amide bonds. The molecule has 7 heavy (non-hydrogen) atoms. The van der Waals surface area contributed by atoms with Crippen molar-refractivity contribution in [1.29, 1.82) is 5.26 Å². The Labute approximate surface area is 42.1 Å². The SMILES string of the molecule is CC(F)=C(C)C#N. The van der Waals surface area contributed by atoms with Crippen molar-refractivity contribution in [1.82, 2.24) is 0 Å². The van der Waals surface area contributed by atoms with Crippen LogP contribution in [0.15, 0.2) is 11.4 Å². The molecule has 0 bridgehead atoms. The fourth-order valence-corrected chi connectivity index (χ4v) is 0.0770. The normalized spacial score (nSPS) is 12.3. The van der Waals surface area contributed by atoms with Crippen LogP contribution >= 0.6 is 0 Å². The molecule has 0 fully saturated rings. The van der Waals surface area contributed by atoms with E-state index in [-0.39, 0.29) is 5.57 Å². The van der Waals surface area contributed by atoms with Crippen LogP contribution in [-0.2, 0) is 0 Å². The highest BCUT2D eigenvalue weighted by atomic mass is 19.1. The third-order valence-electron chi connectivity index (χ3n) is 0.684. The Morgan fingerprint density at radius 3 is 2.00 bits per heavy atom. The van der Waals surface area contributed by atoms with Gasteiger partial charge in [-0.15, -0.1) is 0 Å². The summed E-state index contributed by atoms with van der Waals surface area (Å²) < 4.78 is 11.8. The lowest BCUT2D eigenvalue weighted by Gasteiger charge is -1.80. The summed E-state index contributed by atoms with van der Waals surface area (Å²) in [6.07, 6.45) is 0. The monoisotopic (exact) mass is 99.0 g/mol. The highest BCUT2D eigenvalue weighted by Gasteiger charge is 1.87. The first kappa shape index (κ1) is 6.16. The molecule has 38 valence electrons. The lowest BCUT2D eigenvalue weighted by Crippen LogP contribution is -1.68. The molecule has 0 heterocycles. The maximum Gasteiger partial charge on any atom is 0.110 e. The van der Waals surface area contributed by atoms with E-state index in [9.17, 15) is 4.39 Å². The van der Waals surface area contributed by atoms with E-state index in [0.29, 0.717) is 0 Å². The van der Waals surface area contributed by atoms with E-state index in [1.54, 1.807) is 6.07 Å². The molecule has 0 atom stereocenters. The largest absolute Gasteiger partial charge is 0.211 e. The van der Waals surface area contributed by atoms with E-state index < -0.39 is 5.83 Å². The zero-order valence-electron chi connectivity index (χ0n) is 4.33. The number of nitrogens with zero attached hydrogens (tertiary/aromatic N) is 1. The van der Waals surface area contributed by atoms with Crippen LogP contribution < -0.4 is 0 Å². The first-order valence-electron chi connectivity index (χ1n) is 1.91. The smallest absolute Gasteiger partial charge is 0.110 e. The molecule has 0 aliphatic carbocycles. The number of halogens is 1. The summed E-state index contributed by atoms with van der Waals surface area (Å²) in [5.74, 6) is -0.400. The highest BCUT2D eigenvalue weighted by Crippen LogP contribution is 2.00. The molecular weight excluding hydrogens is 93.1 g/mol. The Kier molecular flexibility index (Phi) is 2.07. The topological polar surface area (TPSA) is 23.8 Å². The van der Waals surface area contributed by atoms with Gasteiger partial charge in [-0.05, 0) is 13.8 Å². The molecule has 2 heteroatoms. The Morgan fingerprint density at radius 1 is 1.57 bits per heavy atom. The zero-order valence-corrected chi connectivity index (χ0v) is 4.33. The van der Waals surface area contributed by atoms with Crippen LogP contribution in [0.25, 0.3) is 0 Å². The van der Waals surface area contributed by atoms with Gasteiger partial charge in [0, 0.05) is 0 Å². The average Bonchev–Trinajstić information content (AvgIpc) is 1.65. The molecule has 0 unspecified atom stereocenters. The van der Waals surface area contributed by atoms with Crippen molar-refractivity contribution in [2.24, 2.45) is 0 Å². The minimum Gasteiger partial charge on any atom is -0.211 e. The van der Waals surface area contributed by atoms with E-state index in [1.165, 1.54) is 13.8 Å². The van der Waals surface area contributed by atoms with E-state index >= 15 is 0 Å². The zero-order chi connectivity index (χ0) is 5.86. The summed E-state index contributed by atoms with van der Waals surface area (Å²) in [4.78, 5) is 0. The summed E-state index contributed by atoms with van der Waals surface area (Å²) in [7, 11) is 0. The van der Waals surface area contributed by atoms with Gasteiger partial charge in [0.25, 0.3) is 0 Å². The maximum absolute atomic E-state index is 11.8. The van der Waals surface area contributed by atoms with E-state index in [2.05, 4.69) is 0 Å². The van der Waals surface area contributed by atoms with Gasteiger partial charge in [0.15, 0.2) is 0 Å². The molecule has 0 saturated heterocycles. The van der Waals surface area contributed by atoms with Crippen LogP contribution in [0, 0.1) is 11.3 Å². The summed E-state index contributed by atoms with van der Waals surface area (Å²) >= 11 is 0. The molecule has 0 aliphatic rings. The van der Waals surface area contributed by atoms with Gasteiger partial charge in [0.1, 0.15) is 5.83 Å². The number of hydrogen-bond donors (Lipinski definition) is 0. The number of nitriles is 1. The lowest BCUT2D eigenvalue weighted by molar-refractivity contribution is 0.632. The van der Waals surface area contributed by atoms with Gasteiger partial charge >= 0.3 is 0 Å². The third-order valence-corrected chi connectivity index (χ3v) is 0.684. The van der Waals surface area contributed by atoms with Gasteiger partial charge in [0.05, 0.1) is 11.6 Å². The Balaban J connectivity index is 4.07. The summed E-state index contributed by atoms with van der Waals surface area (Å²) in [6, 6.07) is 1.67. The van der Waals surface area contributed by atoms with Crippen molar-refractivity contribution in [3.63, 3.8) is 0 Å². The predicted octanol–water partition coefficient (Wildman–Crippen LogP) is 1.77. The molecule has 0 aliphatic heterocycles. The van der Waals surface area contributed by atoms with E-state index in [1.807, 2.05) is 0 Å². The summed E-state index contributed by atoms with van der Waals surface area (Å²) in [6.45, 7) is 2.70.